The van der Waals surface area contributed by atoms with Crippen molar-refractivity contribution < 1.29 is 9.90 Å². The summed E-state index contributed by atoms with van der Waals surface area (Å²) in [7, 11) is 0. The third-order valence-corrected chi connectivity index (χ3v) is 4.51. The van der Waals surface area contributed by atoms with Gasteiger partial charge in [0, 0.05) is 17.1 Å². The number of fused-ring (bicyclic) bond motifs is 2. The molecule has 0 spiro atoms. The number of hydrogen-bond acceptors (Lipinski definition) is 3. The largest absolute Gasteiger partial charge is 0.550 e. The molecule has 0 aromatic heterocycles. The molecule has 2 fully saturated rings. The third-order valence-electron chi connectivity index (χ3n) is 3.36. The summed E-state index contributed by atoms with van der Waals surface area (Å²) in [4.78, 5) is 10.7. The first-order valence-corrected chi connectivity index (χ1v) is 5.74. The van der Waals surface area contributed by atoms with E-state index in [1.807, 2.05) is 11.8 Å². The summed E-state index contributed by atoms with van der Waals surface area (Å²) in [6, 6.07) is 0. The first-order valence-electron chi connectivity index (χ1n) is 4.46. The van der Waals surface area contributed by atoms with Crippen molar-refractivity contribution in [3.05, 3.63) is 0 Å². The second-order valence-corrected chi connectivity index (χ2v) is 5.01. The molecule has 0 amide bonds. The fourth-order valence-electron chi connectivity index (χ4n) is 2.83. The molecule has 0 aliphatic heterocycles. The highest BCUT2D eigenvalue weighted by molar-refractivity contribution is 7.99. The van der Waals surface area contributed by atoms with Crippen LogP contribution in [0.15, 0.2) is 0 Å². The number of thioether (sulfide) groups is 1. The van der Waals surface area contributed by atoms with Gasteiger partial charge in [0.25, 0.3) is 0 Å². The number of carbonyl (C=O) groups is 1. The van der Waals surface area contributed by atoms with Crippen molar-refractivity contribution >= 4 is 17.7 Å². The summed E-state index contributed by atoms with van der Waals surface area (Å²) < 4.78 is 0. The summed E-state index contributed by atoms with van der Waals surface area (Å²) in [5.74, 6) is 0.132. The van der Waals surface area contributed by atoms with Crippen LogP contribution in [0.25, 0.3) is 0 Å². The van der Waals surface area contributed by atoms with Crippen molar-refractivity contribution in [3.8, 4) is 0 Å². The lowest BCUT2D eigenvalue weighted by atomic mass is 9.88. The number of carboxylic acids is 1. The molecule has 68 valence electrons. The molecule has 0 N–H and O–H groups in total. The van der Waals surface area contributed by atoms with Crippen molar-refractivity contribution in [1.29, 1.82) is 0 Å². The van der Waals surface area contributed by atoms with Crippen molar-refractivity contribution in [2.45, 2.75) is 24.5 Å². The summed E-state index contributed by atoms with van der Waals surface area (Å²) in [5.41, 5.74) is 0. The lowest BCUT2D eigenvalue weighted by molar-refractivity contribution is -0.313. The van der Waals surface area contributed by atoms with E-state index in [9.17, 15) is 9.90 Å². The van der Waals surface area contributed by atoms with Crippen LogP contribution in [0.3, 0.4) is 0 Å². The molecule has 4 atom stereocenters. The van der Waals surface area contributed by atoms with Gasteiger partial charge in [-0.15, -0.1) is 0 Å². The second kappa shape index (κ2) is 2.95. The zero-order valence-corrected chi connectivity index (χ0v) is 7.97. The summed E-state index contributed by atoms with van der Waals surface area (Å²) >= 11 is 1.83. The van der Waals surface area contributed by atoms with Crippen LogP contribution >= 0.6 is 11.8 Å². The maximum absolute atomic E-state index is 10.7. The predicted molar refractivity (Wildman–Crippen MR) is 46.6 cm³/mol. The monoisotopic (exact) mass is 185 g/mol. The van der Waals surface area contributed by atoms with Gasteiger partial charge in [-0.2, -0.15) is 11.8 Å². The van der Waals surface area contributed by atoms with Crippen molar-refractivity contribution in [2.75, 3.05) is 6.26 Å². The average molecular weight is 185 g/mol. The zero-order valence-electron chi connectivity index (χ0n) is 7.16. The Balaban J connectivity index is 2.09. The molecular weight excluding hydrogens is 172 g/mol. The molecule has 0 aromatic carbocycles. The molecule has 2 saturated carbocycles. The highest BCUT2D eigenvalue weighted by Gasteiger charge is 2.46. The topological polar surface area (TPSA) is 40.1 Å². The molecule has 0 saturated heterocycles. The maximum atomic E-state index is 10.7. The Morgan fingerprint density at radius 3 is 2.67 bits per heavy atom. The van der Waals surface area contributed by atoms with E-state index in [-0.39, 0.29) is 5.92 Å². The quantitative estimate of drug-likeness (QED) is 0.629. The van der Waals surface area contributed by atoms with Crippen LogP contribution in [0.5, 0.6) is 0 Å². The lowest BCUT2D eigenvalue weighted by Crippen LogP contribution is -2.37. The smallest absolute Gasteiger partial charge is 0.0448 e. The Labute approximate surface area is 76.7 Å². The van der Waals surface area contributed by atoms with E-state index >= 15 is 0 Å². The molecule has 2 bridgehead atoms. The molecule has 2 nitrogen and oxygen atoms in total. The van der Waals surface area contributed by atoms with E-state index in [2.05, 4.69) is 6.26 Å². The molecule has 2 rings (SSSR count). The Kier molecular flexibility index (Phi) is 2.07. The summed E-state index contributed by atoms with van der Waals surface area (Å²) in [5, 5.41) is 11.3. The molecule has 2 aliphatic rings. The summed E-state index contributed by atoms with van der Waals surface area (Å²) in [6.07, 6.45) is 5.32. The first kappa shape index (κ1) is 8.42. The molecular formula is C9H13O2S-. The van der Waals surface area contributed by atoms with E-state index in [4.69, 9.17) is 0 Å². The van der Waals surface area contributed by atoms with E-state index in [1.54, 1.807) is 0 Å². The van der Waals surface area contributed by atoms with E-state index in [1.165, 1.54) is 6.42 Å². The van der Waals surface area contributed by atoms with Gasteiger partial charge in [-0.05, 0) is 37.4 Å². The lowest BCUT2D eigenvalue weighted by Gasteiger charge is -2.28. The average Bonchev–Trinajstić information content (AvgIpc) is 2.60. The number of hydrogen-bond donors (Lipinski definition) is 0. The van der Waals surface area contributed by atoms with Gasteiger partial charge >= 0.3 is 0 Å². The van der Waals surface area contributed by atoms with Gasteiger partial charge in [0.1, 0.15) is 0 Å². The predicted octanol–water partition coefficient (Wildman–Crippen LogP) is 0.514. The van der Waals surface area contributed by atoms with Crippen LogP contribution in [0, 0.1) is 17.8 Å². The highest BCUT2D eigenvalue weighted by Crippen LogP contribution is 2.51. The second-order valence-electron chi connectivity index (χ2n) is 3.94. The van der Waals surface area contributed by atoms with Crippen LogP contribution < -0.4 is 5.11 Å². The van der Waals surface area contributed by atoms with Crippen LogP contribution in [0.4, 0.5) is 0 Å². The fourth-order valence-corrected chi connectivity index (χ4v) is 3.94. The molecule has 3 heteroatoms. The third kappa shape index (κ3) is 1.15. The number of aliphatic carboxylic acids is 1. The molecule has 12 heavy (non-hydrogen) atoms. The number of carboxylic acid groups (broad SMARTS) is 1. The Bertz CT molecular complexity index is 205. The van der Waals surface area contributed by atoms with Crippen molar-refractivity contribution in [1.82, 2.24) is 0 Å². The van der Waals surface area contributed by atoms with E-state index in [0.717, 1.165) is 12.8 Å². The highest BCUT2D eigenvalue weighted by atomic mass is 32.2. The first-order chi connectivity index (χ1) is 5.72. The van der Waals surface area contributed by atoms with E-state index < -0.39 is 5.97 Å². The number of carbonyl (C=O) groups excluding carboxylic acids is 1. The molecule has 0 radical (unpaired) electrons. The summed E-state index contributed by atoms with van der Waals surface area (Å²) in [6.45, 7) is 0. The van der Waals surface area contributed by atoms with Gasteiger partial charge in [0.2, 0.25) is 0 Å². The molecule has 0 unspecified atom stereocenters. The molecule has 2 aliphatic carbocycles. The van der Waals surface area contributed by atoms with Gasteiger partial charge in [-0.25, -0.2) is 0 Å². The minimum absolute atomic E-state index is 0.138. The van der Waals surface area contributed by atoms with Gasteiger partial charge in [-0.1, -0.05) is 0 Å². The van der Waals surface area contributed by atoms with Crippen molar-refractivity contribution in [3.63, 3.8) is 0 Å². The van der Waals surface area contributed by atoms with Crippen LogP contribution in [-0.2, 0) is 4.79 Å². The molecule has 0 aromatic rings. The van der Waals surface area contributed by atoms with Gasteiger partial charge in [0.15, 0.2) is 0 Å². The van der Waals surface area contributed by atoms with Crippen LogP contribution in [0.1, 0.15) is 19.3 Å². The maximum Gasteiger partial charge on any atom is 0.0448 e. The SMILES string of the molecule is CS[C@@H]1C[C@H]2C[C@@H]1[C@@H](C(=O)[O-])C2. The van der Waals surface area contributed by atoms with Crippen LogP contribution in [0.2, 0.25) is 0 Å². The normalized spacial score (nSPS) is 45.1. The van der Waals surface area contributed by atoms with Gasteiger partial charge in [-0.3, -0.25) is 0 Å². The Morgan fingerprint density at radius 2 is 2.17 bits per heavy atom. The zero-order chi connectivity index (χ0) is 8.72. The van der Waals surface area contributed by atoms with Crippen LogP contribution in [-0.4, -0.2) is 17.5 Å². The standard InChI is InChI=1S/C9H14O2S/c1-12-8-4-5-2-6(8)7(3-5)9(10)11/h5-8H,2-4H2,1H3,(H,10,11)/p-1/t5-,6+,7-,8+/m0/s1. The molecule has 0 heterocycles. The Hall–Kier alpha value is -0.180. The van der Waals surface area contributed by atoms with Gasteiger partial charge < -0.3 is 9.90 Å². The minimum Gasteiger partial charge on any atom is -0.550 e. The van der Waals surface area contributed by atoms with E-state index in [0.29, 0.717) is 17.1 Å². The Morgan fingerprint density at radius 1 is 1.42 bits per heavy atom. The van der Waals surface area contributed by atoms with Crippen molar-refractivity contribution in [2.24, 2.45) is 17.8 Å². The number of rotatable bonds is 2. The van der Waals surface area contributed by atoms with Gasteiger partial charge in [0.05, 0.1) is 0 Å². The fraction of sp³-hybridized carbons (Fsp3) is 0.889. The minimum atomic E-state index is -0.818.